The Hall–Kier alpha value is -1.62. The Bertz CT molecular complexity index is 801. The SMILES string of the molecule is OCc1c(-c2ccc(F)c(Cl)c2)nc2ccc(Cl)cn12. The summed E-state index contributed by atoms with van der Waals surface area (Å²) in [5.74, 6) is -0.493. The van der Waals surface area contributed by atoms with Gasteiger partial charge in [-0.2, -0.15) is 0 Å². The van der Waals surface area contributed by atoms with E-state index in [1.54, 1.807) is 28.8 Å². The van der Waals surface area contributed by atoms with Gasteiger partial charge in [0.15, 0.2) is 0 Å². The van der Waals surface area contributed by atoms with Gasteiger partial charge in [0.1, 0.15) is 11.5 Å². The van der Waals surface area contributed by atoms with Crippen molar-refractivity contribution < 1.29 is 9.50 Å². The van der Waals surface area contributed by atoms with Crippen LogP contribution in [0.4, 0.5) is 4.39 Å². The summed E-state index contributed by atoms with van der Waals surface area (Å²) in [6, 6.07) is 7.79. The fourth-order valence-corrected chi connectivity index (χ4v) is 2.43. The minimum atomic E-state index is -0.493. The second-order valence-corrected chi connectivity index (χ2v) is 5.11. The summed E-state index contributed by atoms with van der Waals surface area (Å²) in [4.78, 5) is 4.43. The highest BCUT2D eigenvalue weighted by molar-refractivity contribution is 6.31. The molecule has 2 aromatic heterocycles. The predicted octanol–water partition coefficient (Wildman–Crippen LogP) is 3.94. The Morgan fingerprint density at radius 2 is 2.00 bits per heavy atom. The van der Waals surface area contributed by atoms with Gasteiger partial charge >= 0.3 is 0 Å². The molecule has 6 heteroatoms. The van der Waals surface area contributed by atoms with Crippen molar-refractivity contribution in [2.75, 3.05) is 0 Å². The van der Waals surface area contributed by atoms with E-state index in [1.807, 2.05) is 0 Å². The molecule has 0 unspecified atom stereocenters. The first-order valence-electron chi connectivity index (χ1n) is 5.83. The lowest BCUT2D eigenvalue weighted by molar-refractivity contribution is 0.276. The molecule has 0 saturated heterocycles. The number of nitrogens with zero attached hydrogens (tertiary/aromatic N) is 2. The number of aliphatic hydroxyl groups excluding tert-OH is 1. The molecule has 20 heavy (non-hydrogen) atoms. The van der Waals surface area contributed by atoms with E-state index in [-0.39, 0.29) is 11.6 Å². The number of aromatic nitrogens is 2. The lowest BCUT2D eigenvalue weighted by Gasteiger charge is -2.03. The second kappa shape index (κ2) is 5.05. The Morgan fingerprint density at radius 1 is 1.20 bits per heavy atom. The van der Waals surface area contributed by atoms with Crippen molar-refractivity contribution in [3.8, 4) is 11.3 Å². The first kappa shape index (κ1) is 13.4. The predicted molar refractivity (Wildman–Crippen MR) is 76.5 cm³/mol. The molecule has 0 fully saturated rings. The van der Waals surface area contributed by atoms with Crippen LogP contribution in [0.3, 0.4) is 0 Å². The molecule has 0 bridgehead atoms. The fraction of sp³-hybridized carbons (Fsp3) is 0.0714. The van der Waals surface area contributed by atoms with E-state index in [9.17, 15) is 9.50 Å². The van der Waals surface area contributed by atoms with E-state index >= 15 is 0 Å². The third kappa shape index (κ3) is 2.16. The number of fused-ring (bicyclic) bond motifs is 1. The Kier molecular flexibility index (Phi) is 3.38. The summed E-state index contributed by atoms with van der Waals surface area (Å²) < 4.78 is 14.9. The number of imidazole rings is 1. The topological polar surface area (TPSA) is 37.5 Å². The van der Waals surface area contributed by atoms with Crippen molar-refractivity contribution in [2.45, 2.75) is 6.61 Å². The summed E-state index contributed by atoms with van der Waals surface area (Å²) in [7, 11) is 0. The van der Waals surface area contributed by atoms with Crippen LogP contribution in [-0.4, -0.2) is 14.5 Å². The number of benzene rings is 1. The molecule has 1 N–H and O–H groups in total. The number of halogens is 3. The minimum absolute atomic E-state index is 0.0153. The van der Waals surface area contributed by atoms with Crippen LogP contribution in [0, 0.1) is 5.82 Å². The largest absolute Gasteiger partial charge is 0.390 e. The van der Waals surface area contributed by atoms with Gasteiger partial charge in [0.2, 0.25) is 0 Å². The van der Waals surface area contributed by atoms with Crippen molar-refractivity contribution in [3.63, 3.8) is 0 Å². The van der Waals surface area contributed by atoms with Crippen LogP contribution >= 0.6 is 23.2 Å². The third-order valence-electron chi connectivity index (χ3n) is 3.02. The lowest BCUT2D eigenvalue weighted by atomic mass is 10.1. The number of aliphatic hydroxyl groups is 1. The van der Waals surface area contributed by atoms with Gasteiger partial charge in [-0.3, -0.25) is 4.40 Å². The zero-order valence-electron chi connectivity index (χ0n) is 10.1. The van der Waals surface area contributed by atoms with Crippen LogP contribution < -0.4 is 0 Å². The first-order chi connectivity index (χ1) is 9.60. The van der Waals surface area contributed by atoms with Gasteiger partial charge in [0.25, 0.3) is 0 Å². The van der Waals surface area contributed by atoms with Crippen molar-refractivity contribution in [1.82, 2.24) is 9.38 Å². The van der Waals surface area contributed by atoms with Gasteiger partial charge in [-0.05, 0) is 30.3 Å². The summed E-state index contributed by atoms with van der Waals surface area (Å²) >= 11 is 11.7. The molecule has 2 heterocycles. The molecule has 3 aromatic rings. The molecule has 3 rings (SSSR count). The van der Waals surface area contributed by atoms with E-state index in [0.717, 1.165) is 0 Å². The van der Waals surface area contributed by atoms with Crippen LogP contribution in [0.5, 0.6) is 0 Å². The molecule has 1 aromatic carbocycles. The summed E-state index contributed by atoms with van der Waals surface area (Å²) in [5.41, 5.74) is 2.41. The van der Waals surface area contributed by atoms with Gasteiger partial charge < -0.3 is 5.11 Å². The molecule has 0 aliphatic carbocycles. The maximum atomic E-state index is 13.2. The highest BCUT2D eigenvalue weighted by Gasteiger charge is 2.14. The zero-order valence-corrected chi connectivity index (χ0v) is 11.7. The van der Waals surface area contributed by atoms with Crippen LogP contribution in [0.1, 0.15) is 5.69 Å². The quantitative estimate of drug-likeness (QED) is 0.778. The molecular formula is C14H9Cl2FN2O. The maximum absolute atomic E-state index is 13.2. The van der Waals surface area contributed by atoms with Gasteiger partial charge in [-0.15, -0.1) is 0 Å². The van der Waals surface area contributed by atoms with Gasteiger partial charge in [0, 0.05) is 11.8 Å². The Morgan fingerprint density at radius 3 is 2.70 bits per heavy atom. The molecule has 3 nitrogen and oxygen atoms in total. The van der Waals surface area contributed by atoms with Crippen LogP contribution in [0.2, 0.25) is 10.0 Å². The monoisotopic (exact) mass is 310 g/mol. The average molecular weight is 311 g/mol. The lowest BCUT2D eigenvalue weighted by Crippen LogP contribution is -1.94. The molecule has 0 saturated carbocycles. The van der Waals surface area contributed by atoms with Gasteiger partial charge in [-0.1, -0.05) is 23.2 Å². The van der Waals surface area contributed by atoms with Gasteiger partial charge in [-0.25, -0.2) is 9.37 Å². The molecule has 102 valence electrons. The molecular weight excluding hydrogens is 302 g/mol. The van der Waals surface area contributed by atoms with Crippen LogP contribution in [-0.2, 0) is 6.61 Å². The van der Waals surface area contributed by atoms with Crippen LogP contribution in [0.15, 0.2) is 36.5 Å². The third-order valence-corrected chi connectivity index (χ3v) is 3.54. The molecule has 0 radical (unpaired) electrons. The second-order valence-electron chi connectivity index (χ2n) is 4.27. The Labute approximate surface area is 124 Å². The number of hydrogen-bond donors (Lipinski definition) is 1. The highest BCUT2D eigenvalue weighted by Crippen LogP contribution is 2.28. The van der Waals surface area contributed by atoms with Crippen molar-refractivity contribution in [3.05, 3.63) is 58.1 Å². The summed E-state index contributed by atoms with van der Waals surface area (Å²) in [6.07, 6.45) is 1.67. The number of hydrogen-bond acceptors (Lipinski definition) is 2. The summed E-state index contributed by atoms with van der Waals surface area (Å²) in [6.45, 7) is -0.216. The van der Waals surface area contributed by atoms with Crippen molar-refractivity contribution in [2.24, 2.45) is 0 Å². The number of rotatable bonds is 2. The minimum Gasteiger partial charge on any atom is -0.390 e. The molecule has 0 atom stereocenters. The molecule has 0 amide bonds. The standard InChI is InChI=1S/C14H9Cl2FN2O/c15-9-2-4-13-18-14(12(7-20)19(13)6-9)8-1-3-11(17)10(16)5-8/h1-6,20H,7H2. The smallest absolute Gasteiger partial charge is 0.141 e. The average Bonchev–Trinajstić information content (AvgIpc) is 2.79. The molecule has 0 aliphatic heterocycles. The normalized spacial score (nSPS) is 11.2. The van der Waals surface area contributed by atoms with Gasteiger partial charge in [0.05, 0.1) is 28.0 Å². The van der Waals surface area contributed by atoms with E-state index < -0.39 is 5.82 Å². The highest BCUT2D eigenvalue weighted by atomic mass is 35.5. The number of pyridine rings is 1. The molecule has 0 aliphatic rings. The van der Waals surface area contributed by atoms with E-state index in [1.165, 1.54) is 12.1 Å². The maximum Gasteiger partial charge on any atom is 0.141 e. The van der Waals surface area contributed by atoms with Crippen LogP contribution in [0.25, 0.3) is 16.9 Å². The Balaban J connectivity index is 2.27. The first-order valence-corrected chi connectivity index (χ1v) is 6.58. The zero-order chi connectivity index (χ0) is 14.3. The fourth-order valence-electron chi connectivity index (χ4n) is 2.09. The molecule has 0 spiro atoms. The van der Waals surface area contributed by atoms with E-state index in [0.29, 0.717) is 27.6 Å². The van der Waals surface area contributed by atoms with E-state index in [2.05, 4.69) is 4.98 Å². The van der Waals surface area contributed by atoms with E-state index in [4.69, 9.17) is 23.2 Å². The van der Waals surface area contributed by atoms with Crippen molar-refractivity contribution >= 4 is 28.8 Å². The van der Waals surface area contributed by atoms with Crippen molar-refractivity contribution in [1.29, 1.82) is 0 Å². The summed E-state index contributed by atoms with van der Waals surface area (Å²) in [5, 5.41) is 10.1.